The van der Waals surface area contributed by atoms with Crippen LogP contribution >= 0.6 is 0 Å². The molecule has 2 saturated heterocycles. The fourth-order valence-corrected chi connectivity index (χ4v) is 3.43. The van der Waals surface area contributed by atoms with Gasteiger partial charge >= 0.3 is 0 Å². The number of morpholine rings is 1. The van der Waals surface area contributed by atoms with Gasteiger partial charge in [-0.15, -0.1) is 0 Å². The first-order chi connectivity index (χ1) is 13.2. The zero-order valence-corrected chi connectivity index (χ0v) is 15.1. The molecule has 0 bridgehead atoms. The summed E-state index contributed by atoms with van der Waals surface area (Å²) < 4.78 is 5.37. The van der Waals surface area contributed by atoms with E-state index < -0.39 is 0 Å². The van der Waals surface area contributed by atoms with E-state index in [0.29, 0.717) is 31.0 Å². The highest BCUT2D eigenvalue weighted by Crippen LogP contribution is 2.24. The Morgan fingerprint density at radius 3 is 2.70 bits per heavy atom. The summed E-state index contributed by atoms with van der Waals surface area (Å²) in [6.45, 7) is 3.70. The van der Waals surface area contributed by atoms with Crippen molar-refractivity contribution in [2.75, 3.05) is 48.0 Å². The maximum absolute atomic E-state index is 12.6. The number of pyridine rings is 1. The van der Waals surface area contributed by atoms with Crippen molar-refractivity contribution in [1.82, 2.24) is 4.98 Å². The second-order valence-electron chi connectivity index (χ2n) is 6.65. The molecule has 7 heteroatoms. The molecule has 3 heterocycles. The van der Waals surface area contributed by atoms with Crippen LogP contribution < -0.4 is 15.1 Å². The first-order valence-electron chi connectivity index (χ1n) is 9.21. The smallest absolute Gasteiger partial charge is 0.274 e. The van der Waals surface area contributed by atoms with E-state index in [1.54, 1.807) is 17.2 Å². The molecule has 0 saturated carbocycles. The molecule has 0 spiro atoms. The third kappa shape index (κ3) is 3.93. The molecule has 1 N–H and O–H groups in total. The maximum Gasteiger partial charge on any atom is 0.274 e. The number of benzene rings is 1. The molecule has 2 aliphatic rings. The Bertz CT molecular complexity index is 849. The molecule has 2 amide bonds. The second kappa shape index (κ2) is 7.75. The van der Waals surface area contributed by atoms with Gasteiger partial charge in [-0.1, -0.05) is 6.07 Å². The molecule has 1 aromatic heterocycles. The summed E-state index contributed by atoms with van der Waals surface area (Å²) in [4.78, 5) is 32.7. The van der Waals surface area contributed by atoms with Gasteiger partial charge in [-0.2, -0.15) is 0 Å². The number of rotatable bonds is 4. The Kier molecular flexibility index (Phi) is 5.02. The van der Waals surface area contributed by atoms with Crippen molar-refractivity contribution in [3.8, 4) is 0 Å². The molecular weight excluding hydrogens is 344 g/mol. The largest absolute Gasteiger partial charge is 0.378 e. The number of hydrogen-bond donors (Lipinski definition) is 1. The zero-order valence-electron chi connectivity index (χ0n) is 15.1. The van der Waals surface area contributed by atoms with Crippen LogP contribution in [0.1, 0.15) is 23.3 Å². The van der Waals surface area contributed by atoms with Crippen molar-refractivity contribution in [1.29, 1.82) is 0 Å². The molecule has 0 radical (unpaired) electrons. The Balaban J connectivity index is 1.48. The fraction of sp³-hybridized carbons (Fsp3) is 0.350. The Morgan fingerprint density at radius 1 is 1.07 bits per heavy atom. The summed E-state index contributed by atoms with van der Waals surface area (Å²) >= 11 is 0. The lowest BCUT2D eigenvalue weighted by Crippen LogP contribution is -2.36. The Labute approximate surface area is 157 Å². The molecule has 4 rings (SSSR count). The highest BCUT2D eigenvalue weighted by atomic mass is 16.5. The summed E-state index contributed by atoms with van der Waals surface area (Å²) in [7, 11) is 0. The molecule has 2 aromatic rings. The fourth-order valence-electron chi connectivity index (χ4n) is 3.43. The standard InChI is InChI=1S/C20H22N4O3/c25-19-5-2-8-24(19)17-4-1-3-15(13-17)22-20(26)18-14-16(6-7-21-18)23-9-11-27-12-10-23/h1,3-4,6-7,13-14H,2,5,8-12H2,(H,22,26). The second-order valence-corrected chi connectivity index (χ2v) is 6.65. The lowest BCUT2D eigenvalue weighted by molar-refractivity contribution is -0.117. The predicted octanol–water partition coefficient (Wildman–Crippen LogP) is 2.30. The Morgan fingerprint density at radius 2 is 1.93 bits per heavy atom. The summed E-state index contributed by atoms with van der Waals surface area (Å²) in [5, 5.41) is 2.88. The van der Waals surface area contributed by atoms with Crippen molar-refractivity contribution in [2.45, 2.75) is 12.8 Å². The van der Waals surface area contributed by atoms with Crippen LogP contribution in [-0.4, -0.2) is 49.6 Å². The van der Waals surface area contributed by atoms with E-state index >= 15 is 0 Å². The van der Waals surface area contributed by atoms with Crippen molar-refractivity contribution >= 4 is 28.9 Å². The highest BCUT2D eigenvalue weighted by molar-refractivity contribution is 6.04. The van der Waals surface area contributed by atoms with E-state index in [0.717, 1.165) is 37.4 Å². The third-order valence-corrected chi connectivity index (χ3v) is 4.84. The normalized spacial score (nSPS) is 17.3. The van der Waals surface area contributed by atoms with Gasteiger partial charge in [-0.25, -0.2) is 0 Å². The summed E-state index contributed by atoms with van der Waals surface area (Å²) in [6, 6.07) is 11.1. The van der Waals surface area contributed by atoms with Crippen LogP contribution in [0.2, 0.25) is 0 Å². The number of nitrogens with one attached hydrogen (secondary N) is 1. The Hall–Kier alpha value is -2.93. The molecular formula is C20H22N4O3. The zero-order chi connectivity index (χ0) is 18.6. The minimum Gasteiger partial charge on any atom is -0.378 e. The average molecular weight is 366 g/mol. The van der Waals surface area contributed by atoms with Crippen molar-refractivity contribution in [3.63, 3.8) is 0 Å². The van der Waals surface area contributed by atoms with E-state index in [2.05, 4.69) is 15.2 Å². The molecule has 27 heavy (non-hydrogen) atoms. The number of amides is 2. The van der Waals surface area contributed by atoms with Crippen molar-refractivity contribution < 1.29 is 14.3 Å². The number of aromatic nitrogens is 1. The van der Waals surface area contributed by atoms with E-state index in [-0.39, 0.29) is 11.8 Å². The maximum atomic E-state index is 12.6. The van der Waals surface area contributed by atoms with Crippen LogP contribution in [0.5, 0.6) is 0 Å². The van der Waals surface area contributed by atoms with Crippen molar-refractivity contribution in [2.24, 2.45) is 0 Å². The third-order valence-electron chi connectivity index (χ3n) is 4.84. The quantitative estimate of drug-likeness (QED) is 0.899. The first kappa shape index (κ1) is 17.5. The van der Waals surface area contributed by atoms with Gasteiger partial charge in [0.2, 0.25) is 5.91 Å². The van der Waals surface area contributed by atoms with Crippen molar-refractivity contribution in [3.05, 3.63) is 48.3 Å². The molecule has 7 nitrogen and oxygen atoms in total. The van der Waals surface area contributed by atoms with Gasteiger partial charge in [-0.3, -0.25) is 14.6 Å². The number of nitrogens with zero attached hydrogens (tertiary/aromatic N) is 3. The number of ether oxygens (including phenoxy) is 1. The number of carbonyl (C=O) groups excluding carboxylic acids is 2. The van der Waals surface area contributed by atoms with Crippen LogP contribution in [0.3, 0.4) is 0 Å². The van der Waals surface area contributed by atoms with Gasteiger partial charge < -0.3 is 19.9 Å². The van der Waals surface area contributed by atoms with Gasteiger partial charge in [0.05, 0.1) is 13.2 Å². The topological polar surface area (TPSA) is 74.8 Å². The molecule has 2 fully saturated rings. The van der Waals surface area contributed by atoms with E-state index in [9.17, 15) is 9.59 Å². The van der Waals surface area contributed by atoms with E-state index in [1.165, 1.54) is 0 Å². The van der Waals surface area contributed by atoms with Gasteiger partial charge in [0.25, 0.3) is 5.91 Å². The summed E-state index contributed by atoms with van der Waals surface area (Å²) in [6.07, 6.45) is 3.10. The average Bonchev–Trinajstić information content (AvgIpc) is 3.15. The molecule has 1 aromatic carbocycles. The first-order valence-corrected chi connectivity index (χ1v) is 9.21. The van der Waals surface area contributed by atoms with Gasteiger partial charge in [-0.05, 0) is 36.8 Å². The van der Waals surface area contributed by atoms with Gasteiger partial charge in [0.15, 0.2) is 0 Å². The highest BCUT2D eigenvalue weighted by Gasteiger charge is 2.22. The van der Waals surface area contributed by atoms with Crippen LogP contribution in [0, 0.1) is 0 Å². The molecule has 0 aliphatic carbocycles. The van der Waals surface area contributed by atoms with Crippen LogP contribution in [0.4, 0.5) is 17.1 Å². The SMILES string of the molecule is O=C(Nc1cccc(N2CCCC2=O)c1)c1cc(N2CCOCC2)ccn1. The summed E-state index contributed by atoms with van der Waals surface area (Å²) in [5.41, 5.74) is 2.79. The van der Waals surface area contributed by atoms with Crippen LogP contribution in [-0.2, 0) is 9.53 Å². The monoisotopic (exact) mass is 366 g/mol. The van der Waals surface area contributed by atoms with Gasteiger partial charge in [0, 0.05) is 49.3 Å². The minimum absolute atomic E-state index is 0.123. The lowest BCUT2D eigenvalue weighted by Gasteiger charge is -2.28. The molecule has 0 unspecified atom stereocenters. The predicted molar refractivity (Wildman–Crippen MR) is 103 cm³/mol. The van der Waals surface area contributed by atoms with Crippen LogP contribution in [0.25, 0.3) is 0 Å². The minimum atomic E-state index is -0.269. The molecule has 2 aliphatic heterocycles. The number of carbonyl (C=O) groups is 2. The van der Waals surface area contributed by atoms with E-state index in [4.69, 9.17) is 4.74 Å². The molecule has 0 atom stereocenters. The van der Waals surface area contributed by atoms with Crippen LogP contribution in [0.15, 0.2) is 42.6 Å². The van der Waals surface area contributed by atoms with E-state index in [1.807, 2.05) is 30.3 Å². The van der Waals surface area contributed by atoms with Gasteiger partial charge in [0.1, 0.15) is 5.69 Å². The lowest BCUT2D eigenvalue weighted by atomic mass is 10.2. The molecule has 140 valence electrons. The number of hydrogen-bond acceptors (Lipinski definition) is 5. The number of anilines is 3. The summed E-state index contributed by atoms with van der Waals surface area (Å²) in [5.74, 6) is -0.145.